The van der Waals surface area contributed by atoms with Gasteiger partial charge >= 0.3 is 0 Å². The second-order valence-electron chi connectivity index (χ2n) is 4.88. The van der Waals surface area contributed by atoms with Crippen molar-refractivity contribution < 1.29 is 4.74 Å². The van der Waals surface area contributed by atoms with Crippen LogP contribution in [0.3, 0.4) is 0 Å². The molecule has 2 nitrogen and oxygen atoms in total. The van der Waals surface area contributed by atoms with Gasteiger partial charge in [0.15, 0.2) is 0 Å². The molecule has 0 fully saturated rings. The average molecular weight is 267 g/mol. The summed E-state index contributed by atoms with van der Waals surface area (Å²) >= 11 is 1.75. The van der Waals surface area contributed by atoms with Crippen molar-refractivity contribution in [2.45, 2.75) is 38.2 Å². The molecule has 0 saturated carbocycles. The SMILES string of the molecule is CCC(CNCC(C)C)Oc1ccc(SC)cc1. The summed E-state index contributed by atoms with van der Waals surface area (Å²) in [6, 6.07) is 8.32. The number of thioether (sulfide) groups is 1. The molecule has 1 aromatic carbocycles. The molecule has 0 aromatic heterocycles. The lowest BCUT2D eigenvalue weighted by molar-refractivity contribution is 0.192. The molecule has 18 heavy (non-hydrogen) atoms. The molecule has 0 radical (unpaired) electrons. The minimum absolute atomic E-state index is 0.254. The van der Waals surface area contributed by atoms with Gasteiger partial charge in [0, 0.05) is 11.4 Å². The Morgan fingerprint density at radius 2 is 1.83 bits per heavy atom. The molecule has 0 bridgehead atoms. The third kappa shape index (κ3) is 5.78. The molecule has 0 aliphatic heterocycles. The van der Waals surface area contributed by atoms with Gasteiger partial charge in [0.2, 0.25) is 0 Å². The van der Waals surface area contributed by atoms with E-state index < -0.39 is 0 Å². The quantitative estimate of drug-likeness (QED) is 0.724. The molecular formula is C15H25NOS. The number of nitrogens with one attached hydrogen (secondary N) is 1. The molecule has 0 amide bonds. The molecule has 0 heterocycles. The smallest absolute Gasteiger partial charge is 0.119 e. The third-order valence-corrected chi connectivity index (χ3v) is 3.49. The minimum atomic E-state index is 0.254. The predicted octanol–water partition coefficient (Wildman–Crippen LogP) is 3.81. The Balaban J connectivity index is 2.41. The summed E-state index contributed by atoms with van der Waals surface area (Å²) in [4.78, 5) is 1.27. The van der Waals surface area contributed by atoms with E-state index in [0.29, 0.717) is 5.92 Å². The monoisotopic (exact) mass is 267 g/mol. The van der Waals surface area contributed by atoms with Crippen LogP contribution in [0, 0.1) is 5.92 Å². The van der Waals surface area contributed by atoms with Crippen LogP contribution in [0.1, 0.15) is 27.2 Å². The Morgan fingerprint density at radius 1 is 1.17 bits per heavy atom. The number of rotatable bonds is 8. The van der Waals surface area contributed by atoms with E-state index in [1.54, 1.807) is 11.8 Å². The van der Waals surface area contributed by atoms with Crippen LogP contribution in [-0.2, 0) is 0 Å². The van der Waals surface area contributed by atoms with Crippen LogP contribution in [0.4, 0.5) is 0 Å². The maximum Gasteiger partial charge on any atom is 0.119 e. The van der Waals surface area contributed by atoms with E-state index in [1.807, 2.05) is 0 Å². The molecule has 1 rings (SSSR count). The van der Waals surface area contributed by atoms with Gasteiger partial charge in [0.1, 0.15) is 11.9 Å². The fourth-order valence-corrected chi connectivity index (χ4v) is 2.06. The van der Waals surface area contributed by atoms with E-state index >= 15 is 0 Å². The first-order valence-electron chi connectivity index (χ1n) is 6.67. The summed E-state index contributed by atoms with van der Waals surface area (Å²) in [5.74, 6) is 1.65. The van der Waals surface area contributed by atoms with Crippen LogP contribution in [0.2, 0.25) is 0 Å². The molecule has 1 unspecified atom stereocenters. The summed E-state index contributed by atoms with van der Waals surface area (Å²) in [6.45, 7) is 8.56. The van der Waals surface area contributed by atoms with Crippen LogP contribution in [-0.4, -0.2) is 25.4 Å². The summed E-state index contributed by atoms with van der Waals surface area (Å²) in [5, 5.41) is 3.45. The highest BCUT2D eigenvalue weighted by molar-refractivity contribution is 7.98. The van der Waals surface area contributed by atoms with Gasteiger partial charge in [0.05, 0.1) is 0 Å². The zero-order valence-corrected chi connectivity index (χ0v) is 12.7. The maximum atomic E-state index is 5.97. The largest absolute Gasteiger partial charge is 0.489 e. The Kier molecular flexibility index (Phi) is 7.21. The third-order valence-electron chi connectivity index (χ3n) is 2.74. The highest BCUT2D eigenvalue weighted by Gasteiger charge is 2.08. The van der Waals surface area contributed by atoms with E-state index in [4.69, 9.17) is 4.74 Å². The van der Waals surface area contributed by atoms with E-state index in [0.717, 1.165) is 25.3 Å². The number of hydrogen-bond donors (Lipinski definition) is 1. The van der Waals surface area contributed by atoms with Gasteiger partial charge in [-0.25, -0.2) is 0 Å². The van der Waals surface area contributed by atoms with E-state index in [9.17, 15) is 0 Å². The van der Waals surface area contributed by atoms with Crippen LogP contribution >= 0.6 is 11.8 Å². The summed E-state index contributed by atoms with van der Waals surface area (Å²) in [6.07, 6.45) is 3.36. The number of hydrogen-bond acceptors (Lipinski definition) is 3. The Morgan fingerprint density at radius 3 is 2.33 bits per heavy atom. The van der Waals surface area contributed by atoms with E-state index in [-0.39, 0.29) is 6.10 Å². The fourth-order valence-electron chi connectivity index (χ4n) is 1.65. The fraction of sp³-hybridized carbons (Fsp3) is 0.600. The zero-order chi connectivity index (χ0) is 13.4. The predicted molar refractivity (Wildman–Crippen MR) is 80.6 cm³/mol. The van der Waals surface area contributed by atoms with Gasteiger partial charge in [-0.15, -0.1) is 11.8 Å². The van der Waals surface area contributed by atoms with Crippen LogP contribution in [0.25, 0.3) is 0 Å². The maximum absolute atomic E-state index is 5.97. The molecule has 0 aliphatic carbocycles. The second kappa shape index (κ2) is 8.44. The molecule has 1 atom stereocenters. The lowest BCUT2D eigenvalue weighted by atomic mass is 10.2. The van der Waals surface area contributed by atoms with Gasteiger partial charge in [-0.1, -0.05) is 20.8 Å². The van der Waals surface area contributed by atoms with Crippen LogP contribution in [0.15, 0.2) is 29.2 Å². The van der Waals surface area contributed by atoms with Crippen molar-refractivity contribution in [2.24, 2.45) is 5.92 Å². The Hall–Kier alpha value is -0.670. The van der Waals surface area contributed by atoms with Crippen molar-refractivity contribution in [3.63, 3.8) is 0 Å². The molecule has 3 heteroatoms. The first-order valence-corrected chi connectivity index (χ1v) is 7.89. The van der Waals surface area contributed by atoms with Crippen molar-refractivity contribution in [2.75, 3.05) is 19.3 Å². The summed E-state index contributed by atoms with van der Waals surface area (Å²) < 4.78 is 5.97. The van der Waals surface area contributed by atoms with Crippen molar-refractivity contribution >= 4 is 11.8 Å². The standard InChI is InChI=1S/C15H25NOS/c1-5-13(11-16-10-12(2)3)17-14-6-8-15(18-4)9-7-14/h6-9,12-13,16H,5,10-11H2,1-4H3. The van der Waals surface area contributed by atoms with Gasteiger partial charge in [-0.3, -0.25) is 0 Å². The number of ether oxygens (including phenoxy) is 1. The number of benzene rings is 1. The van der Waals surface area contributed by atoms with Crippen LogP contribution in [0.5, 0.6) is 5.75 Å². The van der Waals surface area contributed by atoms with Crippen molar-refractivity contribution in [1.82, 2.24) is 5.32 Å². The second-order valence-corrected chi connectivity index (χ2v) is 5.76. The molecule has 0 aliphatic rings. The van der Waals surface area contributed by atoms with Gasteiger partial charge in [0.25, 0.3) is 0 Å². The summed E-state index contributed by atoms with van der Waals surface area (Å²) in [7, 11) is 0. The molecule has 1 aromatic rings. The summed E-state index contributed by atoms with van der Waals surface area (Å²) in [5.41, 5.74) is 0. The molecule has 0 spiro atoms. The first kappa shape index (κ1) is 15.4. The lowest BCUT2D eigenvalue weighted by Crippen LogP contribution is -2.32. The molecular weight excluding hydrogens is 242 g/mol. The van der Waals surface area contributed by atoms with Crippen molar-refractivity contribution in [3.8, 4) is 5.75 Å². The topological polar surface area (TPSA) is 21.3 Å². The Labute approximate surface area is 116 Å². The van der Waals surface area contributed by atoms with Gasteiger partial charge in [-0.05, 0) is 49.4 Å². The van der Waals surface area contributed by atoms with Crippen LogP contribution < -0.4 is 10.1 Å². The molecule has 102 valence electrons. The zero-order valence-electron chi connectivity index (χ0n) is 11.9. The van der Waals surface area contributed by atoms with Gasteiger partial charge < -0.3 is 10.1 Å². The van der Waals surface area contributed by atoms with Gasteiger partial charge in [-0.2, -0.15) is 0 Å². The molecule has 0 saturated heterocycles. The van der Waals surface area contributed by atoms with E-state index in [2.05, 4.69) is 56.6 Å². The highest BCUT2D eigenvalue weighted by Crippen LogP contribution is 2.20. The van der Waals surface area contributed by atoms with E-state index in [1.165, 1.54) is 4.90 Å². The normalized spacial score (nSPS) is 12.7. The molecule has 1 N–H and O–H groups in total. The first-order chi connectivity index (χ1) is 8.65. The highest BCUT2D eigenvalue weighted by atomic mass is 32.2. The average Bonchev–Trinajstić information content (AvgIpc) is 2.38. The van der Waals surface area contributed by atoms with Crippen molar-refractivity contribution in [3.05, 3.63) is 24.3 Å². The lowest BCUT2D eigenvalue weighted by Gasteiger charge is -2.19. The Bertz CT molecular complexity index is 324. The minimum Gasteiger partial charge on any atom is -0.489 e. The van der Waals surface area contributed by atoms with Crippen molar-refractivity contribution in [1.29, 1.82) is 0 Å².